The molecule has 1 aliphatic rings. The lowest BCUT2D eigenvalue weighted by Crippen LogP contribution is -2.42. The van der Waals surface area contributed by atoms with E-state index >= 15 is 0 Å². The topological polar surface area (TPSA) is 89.1 Å². The van der Waals surface area contributed by atoms with Crippen molar-refractivity contribution in [1.82, 2.24) is 24.4 Å². The lowest BCUT2D eigenvalue weighted by molar-refractivity contribution is 0.0733. The summed E-state index contributed by atoms with van der Waals surface area (Å²) in [5.74, 6) is 2.30. The number of furan rings is 1. The highest BCUT2D eigenvalue weighted by atomic mass is 16.3. The molecule has 1 amide bonds. The zero-order chi connectivity index (χ0) is 20.1. The number of carbonyl (C=O) groups excluding carboxylic acids is 1. The van der Waals surface area contributed by atoms with Crippen LogP contribution in [0.15, 0.2) is 47.9 Å². The van der Waals surface area contributed by atoms with Crippen molar-refractivity contribution in [3.05, 3.63) is 54.8 Å². The highest BCUT2D eigenvalue weighted by molar-refractivity contribution is 5.95. The van der Waals surface area contributed by atoms with Crippen molar-refractivity contribution in [2.75, 3.05) is 18.4 Å². The van der Waals surface area contributed by atoms with E-state index in [0.29, 0.717) is 18.5 Å². The summed E-state index contributed by atoms with van der Waals surface area (Å²) in [5.41, 5.74) is 0.677. The number of rotatable bonds is 5. The average Bonchev–Trinajstić information content (AvgIpc) is 3.41. The van der Waals surface area contributed by atoms with Crippen molar-refractivity contribution in [2.24, 2.45) is 0 Å². The van der Waals surface area contributed by atoms with E-state index in [-0.39, 0.29) is 11.9 Å². The molecule has 0 aromatic carbocycles. The summed E-state index contributed by atoms with van der Waals surface area (Å²) in [6.45, 7) is 3.40. The van der Waals surface area contributed by atoms with Gasteiger partial charge in [-0.05, 0) is 18.9 Å². The van der Waals surface area contributed by atoms with Gasteiger partial charge in [-0.2, -0.15) is 0 Å². The number of hydrogen-bond acceptors (Lipinski definition) is 6. The van der Waals surface area contributed by atoms with Crippen LogP contribution < -0.4 is 5.32 Å². The van der Waals surface area contributed by atoms with Crippen molar-refractivity contribution in [2.45, 2.75) is 45.1 Å². The van der Waals surface area contributed by atoms with Gasteiger partial charge in [-0.25, -0.2) is 15.0 Å². The number of carbonyl (C=O) groups is 1. The Balaban J connectivity index is 1.49. The zero-order valence-electron chi connectivity index (χ0n) is 16.6. The molecule has 152 valence electrons. The molecule has 0 radical (unpaired) electrons. The molecule has 8 heteroatoms. The molecule has 3 aromatic rings. The maximum absolute atomic E-state index is 13.1. The summed E-state index contributed by atoms with van der Waals surface area (Å²) in [6, 6.07) is 3.81. The number of imidazole rings is 1. The average molecular weight is 394 g/mol. The van der Waals surface area contributed by atoms with Crippen LogP contribution in [0, 0.1) is 0 Å². The van der Waals surface area contributed by atoms with Crippen LogP contribution in [0.25, 0.3) is 5.82 Å². The van der Waals surface area contributed by atoms with Gasteiger partial charge < -0.3 is 14.6 Å². The van der Waals surface area contributed by atoms with Gasteiger partial charge >= 0.3 is 0 Å². The van der Waals surface area contributed by atoms with Crippen LogP contribution in [-0.4, -0.2) is 49.5 Å². The van der Waals surface area contributed by atoms with Gasteiger partial charge in [0.25, 0.3) is 5.91 Å². The first-order valence-electron chi connectivity index (χ1n) is 10.2. The number of amides is 1. The molecular weight excluding hydrogens is 368 g/mol. The van der Waals surface area contributed by atoms with Gasteiger partial charge in [0.1, 0.15) is 30.1 Å². The summed E-state index contributed by atoms with van der Waals surface area (Å²) in [7, 11) is 0. The monoisotopic (exact) mass is 394 g/mol. The zero-order valence-corrected chi connectivity index (χ0v) is 16.6. The van der Waals surface area contributed by atoms with Gasteiger partial charge in [0.15, 0.2) is 0 Å². The first-order valence-corrected chi connectivity index (χ1v) is 10.2. The second-order valence-electron chi connectivity index (χ2n) is 7.28. The minimum atomic E-state index is 0.0473. The van der Waals surface area contributed by atoms with Gasteiger partial charge in [-0.3, -0.25) is 9.36 Å². The fraction of sp³-hybridized carbons (Fsp3) is 0.429. The SMILES string of the molecule is CCc1occc1C(=O)N1CCCCCC(Nc2cc(-n3ccnc3)ncn2)C1. The number of aryl methyl sites for hydroxylation is 1. The van der Waals surface area contributed by atoms with E-state index in [1.54, 1.807) is 31.2 Å². The summed E-state index contributed by atoms with van der Waals surface area (Å²) < 4.78 is 7.30. The first kappa shape index (κ1) is 19.2. The van der Waals surface area contributed by atoms with E-state index in [1.165, 1.54) is 0 Å². The Morgan fingerprint density at radius 3 is 3.07 bits per heavy atom. The number of hydrogen-bond donors (Lipinski definition) is 1. The Hall–Kier alpha value is -3.16. The number of anilines is 1. The molecular formula is C21H26N6O2. The Kier molecular flexibility index (Phi) is 5.88. The molecule has 1 atom stereocenters. The number of nitrogens with zero attached hydrogens (tertiary/aromatic N) is 5. The molecule has 0 spiro atoms. The quantitative estimate of drug-likeness (QED) is 0.714. The van der Waals surface area contributed by atoms with Crippen molar-refractivity contribution in [3.63, 3.8) is 0 Å². The maximum atomic E-state index is 13.1. The molecule has 29 heavy (non-hydrogen) atoms. The molecule has 0 saturated carbocycles. The molecule has 8 nitrogen and oxygen atoms in total. The highest BCUT2D eigenvalue weighted by Gasteiger charge is 2.24. The number of nitrogens with one attached hydrogen (secondary N) is 1. The van der Waals surface area contributed by atoms with Crippen molar-refractivity contribution in [3.8, 4) is 5.82 Å². The van der Waals surface area contributed by atoms with Crippen LogP contribution in [0.5, 0.6) is 0 Å². The second-order valence-corrected chi connectivity index (χ2v) is 7.28. The summed E-state index contributed by atoms with van der Waals surface area (Å²) >= 11 is 0. The summed E-state index contributed by atoms with van der Waals surface area (Å²) in [4.78, 5) is 27.8. The van der Waals surface area contributed by atoms with Crippen LogP contribution in [0.4, 0.5) is 5.82 Å². The lowest BCUT2D eigenvalue weighted by atomic mass is 10.0. The Labute approximate surface area is 170 Å². The van der Waals surface area contributed by atoms with Gasteiger partial charge in [0.2, 0.25) is 0 Å². The molecule has 1 unspecified atom stereocenters. The Morgan fingerprint density at radius 1 is 1.31 bits per heavy atom. The van der Waals surface area contributed by atoms with E-state index in [9.17, 15) is 4.79 Å². The fourth-order valence-corrected chi connectivity index (χ4v) is 3.77. The number of likely N-dealkylation sites (tertiary alicyclic amines) is 1. The maximum Gasteiger partial charge on any atom is 0.257 e. The van der Waals surface area contributed by atoms with Gasteiger partial charge in [-0.15, -0.1) is 0 Å². The van der Waals surface area contributed by atoms with Crippen LogP contribution in [0.3, 0.4) is 0 Å². The van der Waals surface area contributed by atoms with Crippen molar-refractivity contribution >= 4 is 11.7 Å². The fourth-order valence-electron chi connectivity index (χ4n) is 3.77. The van der Waals surface area contributed by atoms with Crippen LogP contribution >= 0.6 is 0 Å². The minimum Gasteiger partial charge on any atom is -0.469 e. The van der Waals surface area contributed by atoms with Crippen molar-refractivity contribution in [1.29, 1.82) is 0 Å². The molecule has 1 fully saturated rings. The van der Waals surface area contributed by atoms with Gasteiger partial charge in [-0.1, -0.05) is 19.8 Å². The molecule has 1 saturated heterocycles. The van der Waals surface area contributed by atoms with E-state index < -0.39 is 0 Å². The molecule has 3 aromatic heterocycles. The minimum absolute atomic E-state index is 0.0473. The molecule has 4 rings (SSSR count). The Morgan fingerprint density at radius 2 is 2.24 bits per heavy atom. The molecule has 4 heterocycles. The van der Waals surface area contributed by atoms with Gasteiger partial charge in [0.05, 0.1) is 11.8 Å². The van der Waals surface area contributed by atoms with E-state index in [1.807, 2.05) is 28.7 Å². The second kappa shape index (κ2) is 8.89. The van der Waals surface area contributed by atoms with E-state index in [0.717, 1.165) is 49.6 Å². The van der Waals surface area contributed by atoms with Crippen LogP contribution in [0.1, 0.15) is 48.7 Å². The summed E-state index contributed by atoms with van der Waals surface area (Å²) in [5, 5.41) is 3.51. The van der Waals surface area contributed by atoms with Crippen LogP contribution in [0.2, 0.25) is 0 Å². The Bertz CT molecular complexity index is 936. The third-order valence-corrected chi connectivity index (χ3v) is 5.28. The standard InChI is InChI=1S/C21H26N6O2/c1-2-18-17(7-11-29-18)21(28)26-9-5-3-4-6-16(13-26)25-19-12-20(24-14-23-19)27-10-8-22-15-27/h7-8,10-12,14-16H,2-6,9,13H2,1H3,(H,23,24,25). The first-order chi connectivity index (χ1) is 14.2. The lowest BCUT2D eigenvalue weighted by Gasteiger charge is -2.31. The largest absolute Gasteiger partial charge is 0.469 e. The molecule has 1 aliphatic heterocycles. The number of aromatic nitrogens is 4. The highest BCUT2D eigenvalue weighted by Crippen LogP contribution is 2.20. The van der Waals surface area contributed by atoms with E-state index in [2.05, 4.69) is 20.3 Å². The molecule has 1 N–H and O–H groups in total. The predicted molar refractivity (Wildman–Crippen MR) is 109 cm³/mol. The normalized spacial score (nSPS) is 17.6. The smallest absolute Gasteiger partial charge is 0.257 e. The van der Waals surface area contributed by atoms with E-state index in [4.69, 9.17) is 4.42 Å². The van der Waals surface area contributed by atoms with Crippen LogP contribution in [-0.2, 0) is 6.42 Å². The third kappa shape index (κ3) is 4.47. The predicted octanol–water partition coefficient (Wildman–Crippen LogP) is 3.31. The molecule has 0 bridgehead atoms. The van der Waals surface area contributed by atoms with Gasteiger partial charge in [0, 0.05) is 44.0 Å². The third-order valence-electron chi connectivity index (χ3n) is 5.28. The summed E-state index contributed by atoms with van der Waals surface area (Å²) in [6.07, 6.45) is 13.4. The molecule has 0 aliphatic carbocycles. The van der Waals surface area contributed by atoms with Crippen molar-refractivity contribution < 1.29 is 9.21 Å².